The van der Waals surface area contributed by atoms with Crippen molar-refractivity contribution < 1.29 is 18.8 Å². The summed E-state index contributed by atoms with van der Waals surface area (Å²) in [6, 6.07) is 6.83. The Morgan fingerprint density at radius 1 is 1.19 bits per heavy atom. The minimum atomic E-state index is -0.332. The molecule has 2 aromatic rings. The first-order valence-corrected chi connectivity index (χ1v) is 8.78. The molecule has 0 atom stereocenters. The number of hydrogen-bond donors (Lipinski definition) is 1. The number of nitrogens with zero attached hydrogens (tertiary/aromatic N) is 2. The topological polar surface area (TPSA) is 84.7 Å². The first-order valence-electron chi connectivity index (χ1n) is 8.78. The Balaban J connectivity index is 1.93. The number of ether oxygens (including phenoxy) is 1. The van der Waals surface area contributed by atoms with E-state index in [1.54, 1.807) is 31.3 Å². The van der Waals surface area contributed by atoms with E-state index in [1.807, 2.05) is 34.6 Å². The van der Waals surface area contributed by atoms with Crippen molar-refractivity contribution >= 4 is 11.8 Å². The summed E-state index contributed by atoms with van der Waals surface area (Å²) in [6.07, 6.45) is 0. The summed E-state index contributed by atoms with van der Waals surface area (Å²) in [5.41, 5.74) is 1.88. The predicted molar refractivity (Wildman–Crippen MR) is 102 cm³/mol. The summed E-state index contributed by atoms with van der Waals surface area (Å²) >= 11 is 0. The van der Waals surface area contributed by atoms with Crippen LogP contribution in [-0.4, -0.2) is 41.0 Å². The number of likely N-dealkylation sites (N-methyl/N-ethyl adjacent to an activating group) is 1. The van der Waals surface area contributed by atoms with Crippen LogP contribution in [-0.2, 0) is 11.4 Å². The highest BCUT2D eigenvalue weighted by atomic mass is 16.5. The molecule has 7 heteroatoms. The Morgan fingerprint density at radius 3 is 2.33 bits per heavy atom. The number of carbonyl (C=O) groups is 2. The third-order valence-electron chi connectivity index (χ3n) is 3.91. The molecule has 0 saturated carbocycles. The molecule has 1 aromatic carbocycles. The standard InChI is InChI=1S/C20H27N3O4/c1-13-17(14(2)27-22-13)12-26-16-9-7-15(8-10-16)19(25)23(6)11-18(24)21-20(3,4)5/h7-10H,11-12H2,1-6H3,(H,21,24). The second-order valence-corrected chi connectivity index (χ2v) is 7.58. The van der Waals surface area contributed by atoms with Crippen molar-refractivity contribution in [1.29, 1.82) is 0 Å². The van der Waals surface area contributed by atoms with Gasteiger partial charge in [-0.2, -0.15) is 0 Å². The van der Waals surface area contributed by atoms with Crippen molar-refractivity contribution in [2.24, 2.45) is 0 Å². The van der Waals surface area contributed by atoms with Crippen LogP contribution in [0.2, 0.25) is 0 Å². The van der Waals surface area contributed by atoms with Crippen LogP contribution in [0.15, 0.2) is 28.8 Å². The molecule has 0 aliphatic rings. The molecule has 0 unspecified atom stereocenters. The lowest BCUT2D eigenvalue weighted by molar-refractivity contribution is -0.122. The van der Waals surface area contributed by atoms with Crippen molar-refractivity contribution in [2.75, 3.05) is 13.6 Å². The number of benzene rings is 1. The Labute approximate surface area is 159 Å². The van der Waals surface area contributed by atoms with Gasteiger partial charge < -0.3 is 19.5 Å². The minimum absolute atomic E-state index is 0.000395. The molecule has 0 aliphatic carbocycles. The zero-order valence-electron chi connectivity index (χ0n) is 16.8. The Morgan fingerprint density at radius 2 is 1.81 bits per heavy atom. The number of amides is 2. The maximum absolute atomic E-state index is 12.5. The normalized spacial score (nSPS) is 11.2. The molecule has 0 spiro atoms. The van der Waals surface area contributed by atoms with Crippen LogP contribution in [0.25, 0.3) is 0 Å². The molecule has 2 amide bonds. The van der Waals surface area contributed by atoms with Gasteiger partial charge in [0.25, 0.3) is 5.91 Å². The van der Waals surface area contributed by atoms with Crippen LogP contribution >= 0.6 is 0 Å². The van der Waals surface area contributed by atoms with Crippen molar-refractivity contribution in [1.82, 2.24) is 15.4 Å². The van der Waals surface area contributed by atoms with Gasteiger partial charge in [0, 0.05) is 18.2 Å². The van der Waals surface area contributed by atoms with Gasteiger partial charge in [-0.25, -0.2) is 0 Å². The van der Waals surface area contributed by atoms with E-state index in [4.69, 9.17) is 9.26 Å². The van der Waals surface area contributed by atoms with Gasteiger partial charge in [0.15, 0.2) is 0 Å². The van der Waals surface area contributed by atoms with E-state index in [2.05, 4.69) is 10.5 Å². The van der Waals surface area contributed by atoms with Crippen molar-refractivity contribution in [3.05, 3.63) is 46.8 Å². The maximum atomic E-state index is 12.5. The number of nitrogens with one attached hydrogen (secondary N) is 1. The number of aryl methyl sites for hydroxylation is 2. The summed E-state index contributed by atoms with van der Waals surface area (Å²) in [5, 5.41) is 6.73. The molecule has 1 N–H and O–H groups in total. The number of carbonyl (C=O) groups excluding carboxylic acids is 2. The maximum Gasteiger partial charge on any atom is 0.254 e. The molecular weight excluding hydrogens is 346 g/mol. The fraction of sp³-hybridized carbons (Fsp3) is 0.450. The highest BCUT2D eigenvalue weighted by Crippen LogP contribution is 2.18. The summed E-state index contributed by atoms with van der Waals surface area (Å²) in [5.74, 6) is 0.947. The van der Waals surface area contributed by atoms with E-state index >= 15 is 0 Å². The Hall–Kier alpha value is -2.83. The van der Waals surface area contributed by atoms with Gasteiger partial charge in [-0.3, -0.25) is 9.59 Å². The molecule has 0 aliphatic heterocycles. The molecule has 146 valence electrons. The number of hydrogen-bond acceptors (Lipinski definition) is 5. The highest BCUT2D eigenvalue weighted by molar-refractivity contribution is 5.96. The smallest absolute Gasteiger partial charge is 0.254 e. The van der Waals surface area contributed by atoms with Crippen LogP contribution < -0.4 is 10.1 Å². The predicted octanol–water partition coefficient (Wildman–Crippen LogP) is 2.86. The van der Waals surface area contributed by atoms with Crippen LogP contribution in [0, 0.1) is 13.8 Å². The zero-order valence-corrected chi connectivity index (χ0v) is 16.8. The fourth-order valence-electron chi connectivity index (χ4n) is 2.52. The summed E-state index contributed by atoms with van der Waals surface area (Å²) in [7, 11) is 1.60. The van der Waals surface area contributed by atoms with Gasteiger partial charge in [0.1, 0.15) is 18.1 Å². The van der Waals surface area contributed by atoms with E-state index < -0.39 is 0 Å². The molecule has 0 radical (unpaired) electrons. The van der Waals surface area contributed by atoms with Crippen molar-refractivity contribution in [3.8, 4) is 5.75 Å². The van der Waals surface area contributed by atoms with Crippen LogP contribution in [0.4, 0.5) is 0 Å². The molecular formula is C20H27N3O4. The molecule has 27 heavy (non-hydrogen) atoms. The lowest BCUT2D eigenvalue weighted by Crippen LogP contribution is -2.46. The lowest BCUT2D eigenvalue weighted by Gasteiger charge is -2.23. The molecule has 0 saturated heterocycles. The lowest BCUT2D eigenvalue weighted by atomic mass is 10.1. The van der Waals surface area contributed by atoms with Crippen LogP contribution in [0.1, 0.15) is 48.1 Å². The first-order chi connectivity index (χ1) is 12.6. The van der Waals surface area contributed by atoms with E-state index in [1.165, 1.54) is 4.90 Å². The fourth-order valence-corrected chi connectivity index (χ4v) is 2.52. The van der Waals surface area contributed by atoms with Gasteiger partial charge in [0.2, 0.25) is 5.91 Å². The molecule has 7 nitrogen and oxygen atoms in total. The third kappa shape index (κ3) is 5.84. The summed E-state index contributed by atoms with van der Waals surface area (Å²) < 4.78 is 10.8. The van der Waals surface area contributed by atoms with E-state index in [-0.39, 0.29) is 23.9 Å². The van der Waals surface area contributed by atoms with Crippen molar-refractivity contribution in [2.45, 2.75) is 46.8 Å². The van der Waals surface area contributed by atoms with E-state index in [0.717, 1.165) is 17.0 Å². The zero-order chi connectivity index (χ0) is 20.2. The van der Waals surface area contributed by atoms with E-state index in [9.17, 15) is 9.59 Å². The molecule has 0 fully saturated rings. The minimum Gasteiger partial charge on any atom is -0.489 e. The third-order valence-corrected chi connectivity index (χ3v) is 3.91. The molecule has 2 rings (SSSR count). The van der Waals surface area contributed by atoms with Gasteiger partial charge in [-0.05, 0) is 58.9 Å². The van der Waals surface area contributed by atoms with Gasteiger partial charge in [-0.1, -0.05) is 5.16 Å². The van der Waals surface area contributed by atoms with Crippen LogP contribution in [0.3, 0.4) is 0 Å². The van der Waals surface area contributed by atoms with Gasteiger partial charge >= 0.3 is 0 Å². The highest BCUT2D eigenvalue weighted by Gasteiger charge is 2.19. The van der Waals surface area contributed by atoms with Crippen LogP contribution in [0.5, 0.6) is 5.75 Å². The second kappa shape index (κ2) is 8.24. The quantitative estimate of drug-likeness (QED) is 0.842. The summed E-state index contributed by atoms with van der Waals surface area (Å²) in [4.78, 5) is 25.8. The second-order valence-electron chi connectivity index (χ2n) is 7.58. The number of aromatic nitrogens is 1. The van der Waals surface area contributed by atoms with Gasteiger partial charge in [0.05, 0.1) is 17.8 Å². The Kier molecular flexibility index (Phi) is 6.25. The largest absolute Gasteiger partial charge is 0.489 e. The van der Waals surface area contributed by atoms with Crippen molar-refractivity contribution in [3.63, 3.8) is 0 Å². The average Bonchev–Trinajstić information content (AvgIpc) is 2.89. The first kappa shape index (κ1) is 20.5. The SMILES string of the molecule is Cc1noc(C)c1COc1ccc(C(=O)N(C)CC(=O)NC(C)(C)C)cc1. The molecule has 1 aromatic heterocycles. The number of rotatable bonds is 6. The molecule has 0 bridgehead atoms. The monoisotopic (exact) mass is 373 g/mol. The Bertz CT molecular complexity index is 784. The van der Waals surface area contributed by atoms with E-state index in [0.29, 0.717) is 17.9 Å². The summed E-state index contributed by atoms with van der Waals surface area (Å²) in [6.45, 7) is 9.74. The average molecular weight is 373 g/mol. The molecule has 1 heterocycles. The van der Waals surface area contributed by atoms with Gasteiger partial charge in [-0.15, -0.1) is 0 Å².